The maximum atomic E-state index is 12.3. The molecule has 0 unspecified atom stereocenters. The van der Waals surface area contributed by atoms with Gasteiger partial charge < -0.3 is 25.4 Å². The molecule has 0 aliphatic carbocycles. The Balaban J connectivity index is 1.96. The van der Waals surface area contributed by atoms with Crippen molar-refractivity contribution in [1.82, 2.24) is 10.2 Å². The highest BCUT2D eigenvalue weighted by atomic mass is 35.5. The number of carbonyl (C=O) groups is 3. The molecule has 0 radical (unpaired) electrons. The Bertz CT molecular complexity index is 689. The van der Waals surface area contributed by atoms with Crippen molar-refractivity contribution in [2.45, 2.75) is 19.3 Å². The lowest BCUT2D eigenvalue weighted by atomic mass is 10.2. The number of benzene rings is 1. The maximum Gasteiger partial charge on any atom is 0.255 e. The van der Waals surface area contributed by atoms with Crippen LogP contribution in [-0.2, 0) is 9.59 Å². The molecule has 142 valence electrons. The van der Waals surface area contributed by atoms with Gasteiger partial charge in [-0.05, 0) is 25.0 Å². The van der Waals surface area contributed by atoms with Gasteiger partial charge in [-0.2, -0.15) is 0 Å². The van der Waals surface area contributed by atoms with Crippen molar-refractivity contribution in [3.8, 4) is 11.5 Å². The van der Waals surface area contributed by atoms with Gasteiger partial charge in [-0.1, -0.05) is 11.6 Å². The maximum absolute atomic E-state index is 12.3. The van der Waals surface area contributed by atoms with Crippen LogP contribution in [0.25, 0.3) is 0 Å². The number of hydrogen-bond donors (Lipinski definition) is 2. The number of amides is 3. The number of halogens is 1. The number of likely N-dealkylation sites (tertiary alicyclic amines) is 1. The molecule has 0 bridgehead atoms. The molecule has 1 aliphatic rings. The van der Waals surface area contributed by atoms with E-state index in [-0.39, 0.29) is 53.5 Å². The Labute approximate surface area is 156 Å². The molecular weight excluding hydrogens is 362 g/mol. The zero-order chi connectivity index (χ0) is 19.1. The van der Waals surface area contributed by atoms with Gasteiger partial charge in [-0.25, -0.2) is 0 Å². The van der Waals surface area contributed by atoms with Crippen LogP contribution in [0.4, 0.5) is 0 Å². The third-order valence-electron chi connectivity index (χ3n) is 3.93. The minimum Gasteiger partial charge on any atom is -0.493 e. The standard InChI is InChI=1S/C17H22ClN3O5/c1-25-13-9-11(8-12(18)16(13)26-10-14(19)22)17(24)20-5-4-15(23)21-6-2-3-7-21/h8-9H,2-7,10H2,1H3,(H2,19,22)(H,20,24). The molecule has 3 N–H and O–H groups in total. The molecule has 3 amide bonds. The van der Waals surface area contributed by atoms with Crippen molar-refractivity contribution < 1.29 is 23.9 Å². The molecule has 1 saturated heterocycles. The molecule has 0 atom stereocenters. The molecule has 1 heterocycles. The summed E-state index contributed by atoms with van der Waals surface area (Å²) >= 11 is 6.11. The first-order valence-electron chi connectivity index (χ1n) is 8.27. The summed E-state index contributed by atoms with van der Waals surface area (Å²) in [5.74, 6) is -0.673. The van der Waals surface area contributed by atoms with Gasteiger partial charge in [-0.15, -0.1) is 0 Å². The van der Waals surface area contributed by atoms with E-state index in [1.807, 2.05) is 0 Å². The van der Waals surface area contributed by atoms with E-state index in [0.29, 0.717) is 0 Å². The lowest BCUT2D eigenvalue weighted by Crippen LogP contribution is -2.32. The summed E-state index contributed by atoms with van der Waals surface area (Å²) < 4.78 is 10.4. The predicted molar refractivity (Wildman–Crippen MR) is 95.5 cm³/mol. The average molecular weight is 384 g/mol. The summed E-state index contributed by atoms with van der Waals surface area (Å²) in [6.45, 7) is 1.44. The van der Waals surface area contributed by atoms with Crippen molar-refractivity contribution in [2.24, 2.45) is 5.73 Å². The highest BCUT2D eigenvalue weighted by Crippen LogP contribution is 2.36. The van der Waals surface area contributed by atoms with Crippen LogP contribution in [0.5, 0.6) is 11.5 Å². The summed E-state index contributed by atoms with van der Waals surface area (Å²) in [7, 11) is 1.39. The molecule has 8 nitrogen and oxygen atoms in total. The number of nitrogens with one attached hydrogen (secondary N) is 1. The third-order valence-corrected chi connectivity index (χ3v) is 4.21. The second kappa shape index (κ2) is 9.28. The van der Waals surface area contributed by atoms with E-state index in [0.717, 1.165) is 25.9 Å². The lowest BCUT2D eigenvalue weighted by molar-refractivity contribution is -0.130. The topological polar surface area (TPSA) is 111 Å². The molecule has 0 aromatic heterocycles. The van der Waals surface area contributed by atoms with E-state index >= 15 is 0 Å². The van der Waals surface area contributed by atoms with Crippen LogP contribution in [0, 0.1) is 0 Å². The Kier molecular flexibility index (Phi) is 7.08. The summed E-state index contributed by atoms with van der Waals surface area (Å²) in [6.07, 6.45) is 2.30. The minimum atomic E-state index is -0.660. The second-order valence-electron chi connectivity index (χ2n) is 5.84. The number of primary amides is 1. The van der Waals surface area contributed by atoms with Gasteiger partial charge in [0.2, 0.25) is 5.91 Å². The van der Waals surface area contributed by atoms with E-state index in [1.54, 1.807) is 4.90 Å². The Hall–Kier alpha value is -2.48. The van der Waals surface area contributed by atoms with Gasteiger partial charge in [0.1, 0.15) is 0 Å². The van der Waals surface area contributed by atoms with Crippen molar-refractivity contribution in [2.75, 3.05) is 33.4 Å². The van der Waals surface area contributed by atoms with E-state index in [1.165, 1.54) is 19.2 Å². The molecule has 1 aromatic carbocycles. The summed E-state index contributed by atoms with van der Waals surface area (Å²) in [4.78, 5) is 36.9. The Morgan fingerprint density at radius 3 is 2.58 bits per heavy atom. The fraction of sp³-hybridized carbons (Fsp3) is 0.471. The number of rotatable bonds is 8. The van der Waals surface area contributed by atoms with E-state index in [4.69, 9.17) is 26.8 Å². The van der Waals surface area contributed by atoms with Crippen molar-refractivity contribution in [1.29, 1.82) is 0 Å². The van der Waals surface area contributed by atoms with Crippen LogP contribution in [0.15, 0.2) is 12.1 Å². The largest absolute Gasteiger partial charge is 0.493 e. The predicted octanol–water partition coefficient (Wildman–Crippen LogP) is 0.955. The first-order valence-corrected chi connectivity index (χ1v) is 8.64. The normalized spacial score (nSPS) is 13.4. The monoisotopic (exact) mass is 383 g/mol. The van der Waals surface area contributed by atoms with Crippen molar-refractivity contribution in [3.05, 3.63) is 22.7 Å². The summed E-state index contributed by atoms with van der Waals surface area (Å²) in [6, 6.07) is 2.85. The van der Waals surface area contributed by atoms with Gasteiger partial charge in [0, 0.05) is 31.6 Å². The molecular formula is C17H22ClN3O5. The van der Waals surface area contributed by atoms with Crippen molar-refractivity contribution in [3.63, 3.8) is 0 Å². The van der Waals surface area contributed by atoms with Crippen LogP contribution in [0.3, 0.4) is 0 Å². The van der Waals surface area contributed by atoms with Gasteiger partial charge >= 0.3 is 0 Å². The SMILES string of the molecule is COc1cc(C(=O)NCCC(=O)N2CCCC2)cc(Cl)c1OCC(N)=O. The third kappa shape index (κ3) is 5.26. The van der Waals surface area contributed by atoms with Crippen LogP contribution in [0.2, 0.25) is 5.02 Å². The first-order chi connectivity index (χ1) is 12.4. The van der Waals surface area contributed by atoms with E-state index in [9.17, 15) is 14.4 Å². The molecule has 1 fully saturated rings. The molecule has 2 rings (SSSR count). The fourth-order valence-electron chi connectivity index (χ4n) is 2.64. The molecule has 26 heavy (non-hydrogen) atoms. The van der Waals surface area contributed by atoms with Gasteiger partial charge in [0.05, 0.1) is 12.1 Å². The number of carbonyl (C=O) groups excluding carboxylic acids is 3. The highest BCUT2D eigenvalue weighted by Gasteiger charge is 2.19. The number of nitrogens with two attached hydrogens (primary N) is 1. The van der Waals surface area contributed by atoms with E-state index < -0.39 is 5.91 Å². The molecule has 0 saturated carbocycles. The molecule has 1 aromatic rings. The summed E-state index contributed by atoms with van der Waals surface area (Å²) in [5.41, 5.74) is 5.30. The second-order valence-corrected chi connectivity index (χ2v) is 6.25. The minimum absolute atomic E-state index is 0.0358. The first kappa shape index (κ1) is 19.8. The fourth-order valence-corrected chi connectivity index (χ4v) is 2.91. The van der Waals surface area contributed by atoms with E-state index in [2.05, 4.69) is 5.32 Å². The molecule has 0 spiro atoms. The zero-order valence-corrected chi connectivity index (χ0v) is 15.3. The van der Waals surface area contributed by atoms with Crippen LogP contribution in [0.1, 0.15) is 29.6 Å². The lowest BCUT2D eigenvalue weighted by Gasteiger charge is -2.15. The quantitative estimate of drug-likeness (QED) is 0.694. The van der Waals surface area contributed by atoms with Crippen LogP contribution < -0.4 is 20.5 Å². The number of hydrogen-bond acceptors (Lipinski definition) is 5. The Morgan fingerprint density at radius 2 is 1.96 bits per heavy atom. The number of ether oxygens (including phenoxy) is 2. The zero-order valence-electron chi connectivity index (χ0n) is 14.5. The summed E-state index contributed by atoms with van der Waals surface area (Å²) in [5, 5.41) is 2.80. The van der Waals surface area contributed by atoms with Gasteiger partial charge in [0.15, 0.2) is 18.1 Å². The molecule has 1 aliphatic heterocycles. The smallest absolute Gasteiger partial charge is 0.255 e. The number of methoxy groups -OCH3 is 1. The average Bonchev–Trinajstić information content (AvgIpc) is 3.14. The number of nitrogens with zero attached hydrogens (tertiary/aromatic N) is 1. The molecule has 9 heteroatoms. The Morgan fingerprint density at radius 1 is 1.27 bits per heavy atom. The van der Waals surface area contributed by atoms with Crippen LogP contribution in [-0.4, -0.2) is 56.0 Å². The highest BCUT2D eigenvalue weighted by molar-refractivity contribution is 6.32. The van der Waals surface area contributed by atoms with Gasteiger partial charge in [-0.3, -0.25) is 14.4 Å². The van der Waals surface area contributed by atoms with Gasteiger partial charge in [0.25, 0.3) is 11.8 Å². The van der Waals surface area contributed by atoms with Crippen molar-refractivity contribution >= 4 is 29.3 Å². The van der Waals surface area contributed by atoms with Crippen LogP contribution >= 0.6 is 11.6 Å².